The summed E-state index contributed by atoms with van der Waals surface area (Å²) in [7, 11) is 0. The second-order valence-corrected chi connectivity index (χ2v) is 5.37. The molecule has 2 nitrogen and oxygen atoms in total. The molecule has 0 fully saturated rings. The zero-order valence-electron chi connectivity index (χ0n) is 11.4. The molecule has 1 rings (SSSR count). The van der Waals surface area contributed by atoms with Crippen molar-refractivity contribution in [2.45, 2.75) is 39.7 Å². The van der Waals surface area contributed by atoms with Gasteiger partial charge in [0.15, 0.2) is 0 Å². The van der Waals surface area contributed by atoms with E-state index in [2.05, 4.69) is 50.4 Å². The minimum absolute atomic E-state index is 0.0668. The van der Waals surface area contributed by atoms with E-state index in [1.165, 1.54) is 11.1 Å². The van der Waals surface area contributed by atoms with Crippen molar-refractivity contribution in [3.8, 4) is 0 Å². The van der Waals surface area contributed by atoms with Gasteiger partial charge in [-0.25, -0.2) is 0 Å². The number of alkyl halides is 1. The Morgan fingerprint density at radius 2 is 1.89 bits per heavy atom. The van der Waals surface area contributed by atoms with Gasteiger partial charge < -0.3 is 5.32 Å². The summed E-state index contributed by atoms with van der Waals surface area (Å²) in [4.78, 5) is 11.8. The van der Waals surface area contributed by atoms with Crippen LogP contribution in [0.15, 0.2) is 24.3 Å². The normalized spacial score (nSPS) is 12.5. The number of nitrogens with one attached hydrogen (secondary N) is 1. The van der Waals surface area contributed by atoms with Crippen LogP contribution in [0.25, 0.3) is 0 Å². The Bertz CT molecular complexity index is 373. The number of hydrogen-bond donors (Lipinski definition) is 1. The summed E-state index contributed by atoms with van der Waals surface area (Å²) in [5.41, 5.74) is 2.44. The van der Waals surface area contributed by atoms with Gasteiger partial charge in [0.2, 0.25) is 5.91 Å². The van der Waals surface area contributed by atoms with E-state index < -0.39 is 0 Å². The summed E-state index contributed by atoms with van der Waals surface area (Å²) in [5.74, 6) is 0.911. The lowest BCUT2D eigenvalue weighted by molar-refractivity contribution is -0.121. The Hall–Kier alpha value is -1.02. The van der Waals surface area contributed by atoms with E-state index >= 15 is 0 Å². The standard InChI is InChI=1S/C15H22ClNO/c1-11(2)14(10-16)17-15(18)9-8-13-6-4-12(3)5-7-13/h4-7,11,14H,8-10H2,1-3H3,(H,17,18). The molecule has 0 bridgehead atoms. The predicted octanol–water partition coefficient (Wildman–Crippen LogP) is 3.31. The molecule has 1 amide bonds. The van der Waals surface area contributed by atoms with Crippen LogP contribution in [0, 0.1) is 12.8 Å². The van der Waals surface area contributed by atoms with E-state index in [1.807, 2.05) is 0 Å². The van der Waals surface area contributed by atoms with E-state index in [0.717, 1.165) is 6.42 Å². The SMILES string of the molecule is Cc1ccc(CCC(=O)NC(CCl)C(C)C)cc1. The first kappa shape index (κ1) is 15.0. The minimum atomic E-state index is 0.0668. The Morgan fingerprint density at radius 1 is 1.28 bits per heavy atom. The maximum Gasteiger partial charge on any atom is 0.220 e. The molecule has 1 atom stereocenters. The van der Waals surface area contributed by atoms with Gasteiger partial charge in [-0.3, -0.25) is 4.79 Å². The van der Waals surface area contributed by atoms with E-state index in [9.17, 15) is 4.79 Å². The lowest BCUT2D eigenvalue weighted by Crippen LogP contribution is -2.39. The lowest BCUT2D eigenvalue weighted by Gasteiger charge is -2.19. The molecule has 0 aliphatic rings. The van der Waals surface area contributed by atoms with Crippen molar-refractivity contribution >= 4 is 17.5 Å². The average Bonchev–Trinajstić information content (AvgIpc) is 2.35. The highest BCUT2D eigenvalue weighted by atomic mass is 35.5. The molecular weight excluding hydrogens is 246 g/mol. The van der Waals surface area contributed by atoms with Gasteiger partial charge in [0, 0.05) is 18.3 Å². The highest BCUT2D eigenvalue weighted by molar-refractivity contribution is 6.18. The molecule has 1 aromatic rings. The van der Waals surface area contributed by atoms with Crippen molar-refractivity contribution in [2.24, 2.45) is 5.92 Å². The van der Waals surface area contributed by atoms with E-state index in [0.29, 0.717) is 18.2 Å². The molecule has 0 spiro atoms. The number of rotatable bonds is 6. The highest BCUT2D eigenvalue weighted by Crippen LogP contribution is 2.07. The highest BCUT2D eigenvalue weighted by Gasteiger charge is 2.14. The molecule has 18 heavy (non-hydrogen) atoms. The van der Waals surface area contributed by atoms with Gasteiger partial charge in [0.25, 0.3) is 0 Å². The van der Waals surface area contributed by atoms with Gasteiger partial charge >= 0.3 is 0 Å². The molecule has 1 unspecified atom stereocenters. The van der Waals surface area contributed by atoms with Crippen LogP contribution in [0.4, 0.5) is 0 Å². The Morgan fingerprint density at radius 3 is 2.39 bits per heavy atom. The first-order valence-corrected chi connectivity index (χ1v) is 6.97. The second-order valence-electron chi connectivity index (χ2n) is 5.06. The van der Waals surface area contributed by atoms with Crippen molar-refractivity contribution in [3.05, 3.63) is 35.4 Å². The average molecular weight is 268 g/mol. The summed E-state index contributed by atoms with van der Waals surface area (Å²) in [6, 6.07) is 8.36. The third kappa shape index (κ3) is 5.09. The first-order valence-electron chi connectivity index (χ1n) is 6.43. The Labute approximate surface area is 115 Å². The third-order valence-corrected chi connectivity index (χ3v) is 3.41. The van der Waals surface area contributed by atoms with Crippen LogP contribution in [-0.4, -0.2) is 17.8 Å². The molecule has 0 aromatic heterocycles. The fourth-order valence-electron chi connectivity index (χ4n) is 1.67. The van der Waals surface area contributed by atoms with Crippen LogP contribution in [0.5, 0.6) is 0 Å². The van der Waals surface area contributed by atoms with Gasteiger partial charge in [-0.2, -0.15) is 0 Å². The van der Waals surface area contributed by atoms with E-state index in [-0.39, 0.29) is 11.9 Å². The molecule has 0 aliphatic heterocycles. The fraction of sp³-hybridized carbons (Fsp3) is 0.533. The van der Waals surface area contributed by atoms with Crippen molar-refractivity contribution in [3.63, 3.8) is 0 Å². The minimum Gasteiger partial charge on any atom is -0.352 e. The van der Waals surface area contributed by atoms with Crippen molar-refractivity contribution in [1.29, 1.82) is 0 Å². The number of benzene rings is 1. The van der Waals surface area contributed by atoms with Crippen LogP contribution in [-0.2, 0) is 11.2 Å². The molecule has 0 radical (unpaired) electrons. The summed E-state index contributed by atoms with van der Waals surface area (Å²) in [5, 5.41) is 2.98. The molecule has 0 aliphatic carbocycles. The summed E-state index contributed by atoms with van der Waals surface area (Å²) in [6.07, 6.45) is 1.29. The molecule has 3 heteroatoms. The van der Waals surface area contributed by atoms with Crippen molar-refractivity contribution < 1.29 is 4.79 Å². The number of aryl methyl sites for hydroxylation is 2. The third-order valence-electron chi connectivity index (χ3n) is 3.08. The number of carbonyl (C=O) groups excluding carboxylic acids is 1. The molecule has 1 aromatic carbocycles. The molecule has 100 valence electrons. The summed E-state index contributed by atoms with van der Waals surface area (Å²) in [6.45, 7) is 6.19. The predicted molar refractivity (Wildman–Crippen MR) is 77.0 cm³/mol. The van der Waals surface area contributed by atoms with E-state index in [4.69, 9.17) is 11.6 Å². The number of halogens is 1. The zero-order chi connectivity index (χ0) is 13.5. The van der Waals surface area contributed by atoms with E-state index in [1.54, 1.807) is 0 Å². The molecule has 0 heterocycles. The lowest BCUT2D eigenvalue weighted by atomic mass is 10.0. The van der Waals surface area contributed by atoms with Gasteiger partial charge in [-0.05, 0) is 24.8 Å². The molecule has 0 saturated carbocycles. The van der Waals surface area contributed by atoms with Gasteiger partial charge in [-0.1, -0.05) is 43.7 Å². The zero-order valence-corrected chi connectivity index (χ0v) is 12.1. The quantitative estimate of drug-likeness (QED) is 0.788. The van der Waals surface area contributed by atoms with Crippen molar-refractivity contribution in [1.82, 2.24) is 5.32 Å². The maximum absolute atomic E-state index is 11.8. The molecule has 0 saturated heterocycles. The van der Waals surface area contributed by atoms with Crippen LogP contribution in [0.3, 0.4) is 0 Å². The van der Waals surface area contributed by atoms with Crippen LogP contribution in [0.1, 0.15) is 31.4 Å². The smallest absolute Gasteiger partial charge is 0.220 e. The van der Waals surface area contributed by atoms with Crippen LogP contribution in [0.2, 0.25) is 0 Å². The molecular formula is C15H22ClNO. The van der Waals surface area contributed by atoms with Crippen LogP contribution < -0.4 is 5.32 Å². The Balaban J connectivity index is 2.39. The maximum atomic E-state index is 11.8. The van der Waals surface area contributed by atoms with Crippen LogP contribution >= 0.6 is 11.6 Å². The number of hydrogen-bond acceptors (Lipinski definition) is 1. The summed E-state index contributed by atoms with van der Waals surface area (Å²) >= 11 is 5.83. The fourth-order valence-corrected chi connectivity index (χ4v) is 2.11. The Kier molecular flexibility index (Phi) is 6.20. The molecule has 1 N–H and O–H groups in total. The number of amides is 1. The van der Waals surface area contributed by atoms with Gasteiger partial charge in [0.05, 0.1) is 0 Å². The largest absolute Gasteiger partial charge is 0.352 e. The monoisotopic (exact) mass is 267 g/mol. The number of carbonyl (C=O) groups is 1. The topological polar surface area (TPSA) is 29.1 Å². The van der Waals surface area contributed by atoms with Gasteiger partial charge in [0.1, 0.15) is 0 Å². The summed E-state index contributed by atoms with van der Waals surface area (Å²) < 4.78 is 0. The van der Waals surface area contributed by atoms with Crippen molar-refractivity contribution in [2.75, 3.05) is 5.88 Å². The second kappa shape index (κ2) is 7.42. The van der Waals surface area contributed by atoms with Gasteiger partial charge in [-0.15, -0.1) is 11.6 Å². The first-order chi connectivity index (χ1) is 8.52.